The number of aryl methyl sites for hydroxylation is 6. The Balaban J connectivity index is 0.000000174. The quantitative estimate of drug-likeness (QED) is 0.0276. The maximum absolute atomic E-state index is 12.6. The minimum absolute atomic E-state index is 0.0404. The van der Waals surface area contributed by atoms with Crippen LogP contribution in [-0.4, -0.2) is 132 Å². The van der Waals surface area contributed by atoms with Crippen molar-refractivity contribution in [2.75, 3.05) is 7.11 Å². The van der Waals surface area contributed by atoms with Gasteiger partial charge in [-0.25, -0.2) is 19.9 Å². The van der Waals surface area contributed by atoms with E-state index in [1.54, 1.807) is 44.3 Å². The highest BCUT2D eigenvalue weighted by Gasteiger charge is 2.52. The van der Waals surface area contributed by atoms with Gasteiger partial charge in [-0.15, -0.1) is 10.2 Å². The van der Waals surface area contributed by atoms with Gasteiger partial charge in [0.25, 0.3) is 0 Å². The van der Waals surface area contributed by atoms with Crippen molar-refractivity contribution in [2.24, 2.45) is 22.7 Å². The number of hydrogen-bond acceptors (Lipinski definition) is 24. The van der Waals surface area contributed by atoms with Gasteiger partial charge in [0, 0.05) is 121 Å². The number of alkyl halides is 12. The molecule has 11 heterocycles. The summed E-state index contributed by atoms with van der Waals surface area (Å²) in [7, 11) is -21.5. The van der Waals surface area contributed by atoms with Crippen molar-refractivity contribution in [3.05, 3.63) is 341 Å². The number of halogens is 12. The summed E-state index contributed by atoms with van der Waals surface area (Å²) in [5.74, 6) is 0.155. The molecule has 147 heavy (non-hydrogen) atoms. The summed E-state index contributed by atoms with van der Waals surface area (Å²) in [5.41, 5.74) is -4.74. The summed E-state index contributed by atoms with van der Waals surface area (Å²) in [5, 5.41) is 8.79. The zero-order chi connectivity index (χ0) is 108. The maximum Gasteiger partial charge on any atom is 0.534 e. The third kappa shape index (κ3) is 25.5. The summed E-state index contributed by atoms with van der Waals surface area (Å²) in [6.45, 7) is 36.0. The molecule has 0 bridgehead atoms. The van der Waals surface area contributed by atoms with Crippen LogP contribution in [0, 0.1) is 64.2 Å². The Labute approximate surface area is 843 Å². The van der Waals surface area contributed by atoms with Gasteiger partial charge in [-0.1, -0.05) is 166 Å². The largest absolute Gasteiger partial charge is 0.534 e. The average molecular weight is 2110 g/mol. The molecule has 0 N–H and O–H groups in total. The first-order chi connectivity index (χ1) is 68.5. The second-order valence-electron chi connectivity index (χ2n) is 37.5. The van der Waals surface area contributed by atoms with Crippen molar-refractivity contribution >= 4 is 40.5 Å². The average Bonchev–Trinajstić information content (AvgIpc) is 0.816. The molecular weight excluding hydrogens is 2010 g/mol. The van der Waals surface area contributed by atoms with Gasteiger partial charge in [0.15, 0.2) is 28.8 Å². The van der Waals surface area contributed by atoms with E-state index in [2.05, 4.69) is 71.8 Å². The van der Waals surface area contributed by atoms with Gasteiger partial charge in [-0.2, -0.15) is 86.4 Å². The highest BCUT2D eigenvalue weighted by Crippen LogP contribution is 2.47. The van der Waals surface area contributed by atoms with Crippen molar-refractivity contribution in [2.45, 2.75) is 169 Å². The third-order valence-corrected chi connectivity index (χ3v) is 28.6. The standard InChI is InChI=1S/3C27H27F3N4O3S.C23H23F3N2O4S/c1-17(2)26(5,24-14-12-22(16-31-24)37-38(35,36)27(28,29)30)21-10-8-20(9-11-21)23-13-15-25(33-32-23)34-18(3)6-7-19(34)4;1-17-6-7-18(2)34(17)25-32-14-21(15-33-25)19-8-10-20(11-9-19)24(26(3,4)5)23-13-12-22(16-31-23)37-38(35,36)27(28,29)30;1-17(2)26(5,24-13-12-23(16-31-24)37-38(35,36)27(28,29)30)22-10-8-20(9-11-22)21-14-32-25(33-15-21)34-18(3)6-7-19(34)4;1-22(2,3)21(20-10-9-18(14-28-20)32-33(29,30)23(24,25)26)16-7-5-15(6-8-16)17-11-19(31-4)13-27-12-17/h6-17H,1-5H3;6-16,24H,1-5H3;6-17H,1-5H3;5-14,21H,1-4H3. The number of rotatable bonds is 26. The zero-order valence-corrected chi connectivity index (χ0v) is 86.1. The van der Waals surface area contributed by atoms with E-state index in [4.69, 9.17) is 4.74 Å². The maximum atomic E-state index is 12.6. The Morgan fingerprint density at radius 3 is 0.857 bits per heavy atom. The smallest absolute Gasteiger partial charge is 0.495 e. The predicted octanol–water partition coefficient (Wildman–Crippen LogP) is 24.2. The molecule has 0 radical (unpaired) electrons. The normalized spacial score (nSPS) is 13.7. The van der Waals surface area contributed by atoms with Crippen LogP contribution in [0.3, 0.4) is 0 Å². The van der Waals surface area contributed by atoms with Gasteiger partial charge in [0.2, 0.25) is 11.9 Å². The number of methoxy groups -OCH3 is 1. The van der Waals surface area contributed by atoms with E-state index >= 15 is 0 Å². The van der Waals surface area contributed by atoms with E-state index < -0.39 is 96.3 Å². The summed E-state index contributed by atoms with van der Waals surface area (Å²) < 4.78 is 270. The fraction of sp³-hybridized carbons (Fsp3) is 0.298. The summed E-state index contributed by atoms with van der Waals surface area (Å²) in [6, 6.07) is 59.6. The SMILES string of the molecule is COc1cncc(-c2ccc(C(c3ccc(OS(=O)(=O)C(F)(F)F)cn3)C(C)(C)C)cc2)c1.Cc1ccc(C)n1-c1ccc(-c2ccc(C(C)(c3ccc(OS(=O)(=O)C(F)(F)F)cn3)C(C)C)cc2)nn1.Cc1ccc(C)n1-c1ncc(-c2ccc(C(C)(c3ccc(OS(=O)(=O)C(F)(F)F)cn3)C(C)C)cc2)cn1.Cc1ccc(C)n1-c1ncc(-c2ccc(C(c3ccc(OS(=O)(=O)C(F)(F)F)cn3)C(C)(C)C)cc2)cn1. The molecule has 0 aliphatic heterocycles. The van der Waals surface area contributed by atoms with E-state index in [1.165, 1.54) is 48.5 Å². The van der Waals surface area contributed by atoms with Gasteiger partial charge in [0.1, 0.15) is 5.75 Å². The highest BCUT2D eigenvalue weighted by atomic mass is 32.2. The molecule has 0 saturated carbocycles. The minimum Gasteiger partial charge on any atom is -0.495 e. The molecule has 4 atom stereocenters. The van der Waals surface area contributed by atoms with Gasteiger partial charge >= 0.3 is 62.5 Å². The molecule has 0 fully saturated rings. The van der Waals surface area contributed by atoms with E-state index in [0.29, 0.717) is 46.1 Å². The van der Waals surface area contributed by atoms with E-state index in [1.807, 2.05) is 290 Å². The van der Waals surface area contributed by atoms with E-state index in [9.17, 15) is 86.4 Å². The molecule has 0 aliphatic carbocycles. The number of hydrogen-bond donors (Lipinski definition) is 0. The fourth-order valence-electron chi connectivity index (χ4n) is 16.4. The topological polar surface area (TPSA) is 339 Å². The Morgan fingerprint density at radius 1 is 0.286 bits per heavy atom. The molecule has 0 spiro atoms. The molecule has 0 aliphatic rings. The van der Waals surface area contributed by atoms with Crippen LogP contribution in [0.1, 0.15) is 174 Å². The molecule has 4 aromatic carbocycles. The summed E-state index contributed by atoms with van der Waals surface area (Å²) in [6.07, 6.45) is 14.4. The van der Waals surface area contributed by atoms with Crippen LogP contribution in [0.4, 0.5) is 52.7 Å². The first kappa shape index (κ1) is 111. The van der Waals surface area contributed by atoms with Crippen LogP contribution in [0.25, 0.3) is 62.4 Å². The minimum atomic E-state index is -5.77. The molecule has 776 valence electrons. The van der Waals surface area contributed by atoms with Crippen molar-refractivity contribution in [1.82, 2.24) is 68.8 Å². The number of benzene rings is 4. The van der Waals surface area contributed by atoms with Crippen LogP contribution in [-0.2, 0) is 51.3 Å². The molecule has 0 amide bonds. The molecule has 43 heteroatoms. The van der Waals surface area contributed by atoms with Gasteiger partial charge in [-0.05, 0) is 220 Å². The fourth-order valence-corrected chi connectivity index (χ4v) is 18.1. The monoisotopic (exact) mass is 2110 g/mol. The van der Waals surface area contributed by atoms with Crippen LogP contribution in [0.5, 0.6) is 28.7 Å². The van der Waals surface area contributed by atoms with Gasteiger partial charge in [0.05, 0.1) is 55.2 Å². The molecule has 11 aromatic heterocycles. The molecule has 0 saturated heterocycles. The summed E-state index contributed by atoms with van der Waals surface area (Å²) >= 11 is 0. The molecule has 15 rings (SSSR count). The van der Waals surface area contributed by atoms with Crippen LogP contribution in [0.2, 0.25) is 0 Å². The molecule has 4 unspecified atom stereocenters. The highest BCUT2D eigenvalue weighted by molar-refractivity contribution is 7.88. The van der Waals surface area contributed by atoms with Crippen LogP contribution >= 0.6 is 0 Å². The van der Waals surface area contributed by atoms with Crippen molar-refractivity contribution < 1.29 is 108 Å². The predicted molar refractivity (Wildman–Crippen MR) is 530 cm³/mol. The molecular formula is C104H104F12N14O13S4. The Morgan fingerprint density at radius 2 is 0.585 bits per heavy atom. The Kier molecular flexibility index (Phi) is 32.9. The van der Waals surface area contributed by atoms with E-state index in [0.717, 1.165) is 126 Å². The lowest BCUT2D eigenvalue weighted by molar-refractivity contribution is -0.0505. The number of nitrogens with zero attached hydrogens (tertiary/aromatic N) is 14. The van der Waals surface area contributed by atoms with Gasteiger partial charge in [-0.3, -0.25) is 34.1 Å². The number of pyridine rings is 5. The molecule has 27 nitrogen and oxygen atoms in total. The van der Waals surface area contributed by atoms with Crippen molar-refractivity contribution in [3.8, 4) is 91.1 Å². The first-order valence-corrected chi connectivity index (χ1v) is 50.8. The van der Waals surface area contributed by atoms with Crippen LogP contribution < -0.4 is 21.5 Å². The Hall–Kier alpha value is -14.3. The molecule has 15 aromatic rings. The van der Waals surface area contributed by atoms with Gasteiger partial charge < -0.3 is 26.0 Å². The number of ether oxygens (including phenoxy) is 1. The second-order valence-corrected chi connectivity index (χ2v) is 43.7. The Bertz CT molecular complexity index is 7300. The lowest BCUT2D eigenvalue weighted by Gasteiger charge is -2.34. The van der Waals surface area contributed by atoms with Crippen LogP contribution in [0.15, 0.2) is 262 Å². The zero-order valence-electron chi connectivity index (χ0n) is 82.9. The lowest BCUT2D eigenvalue weighted by atomic mass is 9.70. The van der Waals surface area contributed by atoms with Crippen molar-refractivity contribution in [1.29, 1.82) is 0 Å². The second kappa shape index (κ2) is 43.4. The number of aromatic nitrogens is 14. The van der Waals surface area contributed by atoms with E-state index in [-0.39, 0.29) is 34.5 Å². The first-order valence-electron chi connectivity index (χ1n) is 45.2. The lowest BCUT2D eigenvalue weighted by Crippen LogP contribution is -2.31. The third-order valence-electron chi connectivity index (χ3n) is 24.7. The summed E-state index contributed by atoms with van der Waals surface area (Å²) in [4.78, 5) is 39.3. The van der Waals surface area contributed by atoms with Crippen molar-refractivity contribution in [3.63, 3.8) is 0 Å².